The molecule has 0 aliphatic heterocycles. The molecule has 3 N–H and O–H groups in total. The molecule has 5 aromatic carbocycles. The van der Waals surface area contributed by atoms with Crippen molar-refractivity contribution in [3.63, 3.8) is 0 Å². The van der Waals surface area contributed by atoms with Gasteiger partial charge in [-0.1, -0.05) is 72.8 Å². The maximum Gasteiger partial charge on any atom is 0.272 e. The van der Waals surface area contributed by atoms with Gasteiger partial charge >= 0.3 is 0 Å². The predicted molar refractivity (Wildman–Crippen MR) is 212 cm³/mol. The molecule has 11 heteroatoms. The highest BCUT2D eigenvalue weighted by atomic mass is 32.2. The lowest BCUT2D eigenvalue weighted by Crippen LogP contribution is -2.30. The van der Waals surface area contributed by atoms with Gasteiger partial charge in [-0.05, 0) is 79.2 Å². The van der Waals surface area contributed by atoms with Crippen LogP contribution in [0.3, 0.4) is 0 Å². The Labute approximate surface area is 316 Å². The number of hydrogen-bond acceptors (Lipinski definition) is 8. The average Bonchev–Trinajstić information content (AvgIpc) is 3.66. The first-order chi connectivity index (χ1) is 25.9. The minimum atomic E-state index is -0.633. The zero-order valence-electron chi connectivity index (χ0n) is 28.9. The zero-order chi connectivity index (χ0) is 37.0. The number of para-hydroxylation sites is 1. The van der Waals surface area contributed by atoms with E-state index < -0.39 is 17.1 Å². The van der Waals surface area contributed by atoms with Crippen LogP contribution in [0.5, 0.6) is 11.5 Å². The van der Waals surface area contributed by atoms with Crippen LogP contribution < -0.4 is 25.4 Å². The van der Waals surface area contributed by atoms with E-state index in [-0.39, 0.29) is 11.6 Å². The Bertz CT molecular complexity index is 2210. The average molecular weight is 741 g/mol. The lowest BCUT2D eigenvalue weighted by Gasteiger charge is -2.17. The van der Waals surface area contributed by atoms with Crippen LogP contribution in [0, 0.1) is 0 Å². The molecule has 1 unspecified atom stereocenters. The Morgan fingerprint density at radius 2 is 1.55 bits per heavy atom. The highest BCUT2D eigenvalue weighted by Crippen LogP contribution is 2.38. The summed E-state index contributed by atoms with van der Waals surface area (Å²) in [4.78, 5) is 46.2. The summed E-state index contributed by atoms with van der Waals surface area (Å²) in [5.74, 6) is 0.113. The molecule has 0 saturated carbocycles. The smallest absolute Gasteiger partial charge is 0.272 e. The highest BCUT2D eigenvalue weighted by molar-refractivity contribution is 8.00. The Kier molecular flexibility index (Phi) is 12.3. The van der Waals surface area contributed by atoms with Crippen LogP contribution in [0.2, 0.25) is 0 Å². The fourth-order valence-electron chi connectivity index (χ4n) is 5.29. The number of carbonyl (C=O) groups is 3. The molecule has 0 saturated heterocycles. The first kappa shape index (κ1) is 36.6. The number of ether oxygens (including phenoxy) is 2. The molecule has 3 amide bonds. The topological polar surface area (TPSA) is 119 Å². The van der Waals surface area contributed by atoms with Gasteiger partial charge in [-0.2, -0.15) is 0 Å². The number of thiazole rings is 1. The predicted octanol–water partition coefficient (Wildman–Crippen LogP) is 9.10. The third-order valence-corrected chi connectivity index (χ3v) is 9.86. The van der Waals surface area contributed by atoms with Gasteiger partial charge in [-0.25, -0.2) is 4.98 Å². The molecule has 0 bridgehead atoms. The van der Waals surface area contributed by atoms with Gasteiger partial charge in [-0.15, -0.1) is 23.1 Å². The van der Waals surface area contributed by atoms with Crippen LogP contribution in [0.25, 0.3) is 17.3 Å². The van der Waals surface area contributed by atoms with Crippen molar-refractivity contribution in [2.75, 3.05) is 24.4 Å². The fourth-order valence-corrected chi connectivity index (χ4v) is 7.10. The van der Waals surface area contributed by atoms with E-state index in [1.165, 1.54) is 23.1 Å². The number of anilines is 2. The Hall–Kier alpha value is -6.17. The second-order valence-corrected chi connectivity index (χ2v) is 13.5. The number of carbonyl (C=O) groups excluding carboxylic acids is 3. The van der Waals surface area contributed by atoms with E-state index in [9.17, 15) is 14.4 Å². The summed E-state index contributed by atoms with van der Waals surface area (Å²) >= 11 is 2.69. The van der Waals surface area contributed by atoms with E-state index in [2.05, 4.69) is 20.9 Å². The second-order valence-electron chi connectivity index (χ2n) is 11.5. The largest absolute Gasteiger partial charge is 0.496 e. The number of nitrogens with one attached hydrogen (secondary N) is 3. The third-order valence-electron chi connectivity index (χ3n) is 7.85. The summed E-state index contributed by atoms with van der Waals surface area (Å²) in [6, 6.07) is 40.2. The van der Waals surface area contributed by atoms with Gasteiger partial charge in [0.05, 0.1) is 19.4 Å². The van der Waals surface area contributed by atoms with Crippen molar-refractivity contribution in [3.8, 4) is 22.8 Å². The molecule has 6 rings (SSSR count). The van der Waals surface area contributed by atoms with Crippen molar-refractivity contribution in [1.82, 2.24) is 10.3 Å². The van der Waals surface area contributed by atoms with E-state index >= 15 is 0 Å². The van der Waals surface area contributed by atoms with E-state index in [1.807, 2.05) is 91.2 Å². The minimum Gasteiger partial charge on any atom is -0.496 e. The number of amides is 3. The van der Waals surface area contributed by atoms with Gasteiger partial charge < -0.3 is 25.4 Å². The van der Waals surface area contributed by atoms with Crippen LogP contribution in [-0.4, -0.2) is 36.4 Å². The summed E-state index contributed by atoms with van der Waals surface area (Å²) in [6.07, 6.45) is 1.57. The Morgan fingerprint density at radius 1 is 0.830 bits per heavy atom. The van der Waals surface area contributed by atoms with Crippen LogP contribution in [0.1, 0.15) is 33.7 Å². The summed E-state index contributed by atoms with van der Waals surface area (Å²) in [7, 11) is 1.54. The molecule has 266 valence electrons. The molecule has 0 spiro atoms. The Balaban J connectivity index is 1.20. The van der Waals surface area contributed by atoms with E-state index in [4.69, 9.17) is 9.47 Å². The molecule has 0 fully saturated rings. The second kappa shape index (κ2) is 17.9. The molecule has 9 nitrogen and oxygen atoms in total. The number of thioether (sulfide) groups is 1. The molecule has 0 aliphatic carbocycles. The molecular formula is C42H36N4O5S2. The molecular weight excluding hydrogens is 705 g/mol. The normalized spacial score (nSPS) is 11.6. The van der Waals surface area contributed by atoms with E-state index in [0.29, 0.717) is 34.3 Å². The number of rotatable bonds is 14. The first-order valence-electron chi connectivity index (χ1n) is 16.7. The number of methoxy groups -OCH3 is 1. The van der Waals surface area contributed by atoms with Crippen molar-refractivity contribution in [3.05, 3.63) is 161 Å². The summed E-state index contributed by atoms with van der Waals surface area (Å²) < 4.78 is 11.0. The monoisotopic (exact) mass is 740 g/mol. The lowest BCUT2D eigenvalue weighted by molar-refractivity contribution is -0.116. The van der Waals surface area contributed by atoms with Gasteiger partial charge in [0.15, 0.2) is 5.13 Å². The maximum atomic E-state index is 13.9. The molecule has 1 aromatic heterocycles. The molecule has 1 atom stereocenters. The number of nitrogens with zero attached hydrogens (tertiary/aromatic N) is 1. The SMILES string of the molecule is CCOc1ccc(-c2csc(NC(=O)C(Sc3cccc(NC(=O)/C(=C\c4ccccc4OC)NC(=O)c4ccccc4)c3)c3ccccc3)n2)cc1. The van der Waals surface area contributed by atoms with E-state index in [1.54, 1.807) is 67.8 Å². The molecule has 1 heterocycles. The Morgan fingerprint density at radius 3 is 2.28 bits per heavy atom. The van der Waals surface area contributed by atoms with Gasteiger partial charge in [0.2, 0.25) is 5.91 Å². The summed E-state index contributed by atoms with van der Waals surface area (Å²) in [5, 5.41) is 10.4. The molecule has 0 aliphatic rings. The molecule has 53 heavy (non-hydrogen) atoms. The number of hydrogen-bond donors (Lipinski definition) is 3. The van der Waals surface area contributed by atoms with Crippen molar-refractivity contribution < 1.29 is 23.9 Å². The van der Waals surface area contributed by atoms with Crippen LogP contribution in [0.15, 0.2) is 149 Å². The van der Waals surface area contributed by atoms with Crippen LogP contribution >= 0.6 is 23.1 Å². The van der Waals surface area contributed by atoms with Gasteiger partial charge in [0, 0.05) is 32.7 Å². The van der Waals surface area contributed by atoms with Crippen LogP contribution in [0.4, 0.5) is 10.8 Å². The van der Waals surface area contributed by atoms with Gasteiger partial charge in [-0.3, -0.25) is 14.4 Å². The van der Waals surface area contributed by atoms with Crippen molar-refractivity contribution in [2.45, 2.75) is 17.1 Å². The molecule has 0 radical (unpaired) electrons. The quantitative estimate of drug-likeness (QED) is 0.0753. The number of benzene rings is 5. The van der Waals surface area contributed by atoms with Crippen molar-refractivity contribution in [1.29, 1.82) is 0 Å². The highest BCUT2D eigenvalue weighted by Gasteiger charge is 2.24. The summed E-state index contributed by atoms with van der Waals surface area (Å²) in [6.45, 7) is 2.53. The summed E-state index contributed by atoms with van der Waals surface area (Å²) in [5.41, 5.74) is 3.99. The van der Waals surface area contributed by atoms with Gasteiger partial charge in [0.25, 0.3) is 11.8 Å². The fraction of sp³-hybridized carbons (Fsp3) is 0.0952. The van der Waals surface area contributed by atoms with Crippen LogP contribution in [-0.2, 0) is 9.59 Å². The number of aromatic nitrogens is 1. The standard InChI is InChI=1S/C42H36N4O5S2/c1-3-51-33-23-21-28(22-24-33)36-27-52-42(45-36)46-41(49)38(29-13-6-4-7-14-29)53-34-19-12-18-32(26-34)43-40(48)35(25-31-17-10-11-20-37(31)50-2)44-39(47)30-15-8-5-9-16-30/h4-27,38H,3H2,1-2H3,(H,43,48)(H,44,47)(H,45,46,49)/b35-25+. The third kappa shape index (κ3) is 9.79. The minimum absolute atomic E-state index is 0.0241. The van der Waals surface area contributed by atoms with Crippen molar-refractivity contribution >= 4 is 57.7 Å². The van der Waals surface area contributed by atoms with E-state index in [0.717, 1.165) is 27.5 Å². The lowest BCUT2D eigenvalue weighted by atomic mass is 10.1. The van der Waals surface area contributed by atoms with Gasteiger partial charge in [0.1, 0.15) is 22.4 Å². The molecule has 6 aromatic rings. The first-order valence-corrected chi connectivity index (χ1v) is 18.5. The zero-order valence-corrected chi connectivity index (χ0v) is 30.6. The maximum absolute atomic E-state index is 13.9. The van der Waals surface area contributed by atoms with Crippen molar-refractivity contribution in [2.24, 2.45) is 0 Å².